The Morgan fingerprint density at radius 2 is 1.58 bits per heavy atom. The molecule has 9 heteroatoms. The number of hydrogen-bond donors (Lipinski definition) is 3. The molecule has 2 aliphatic rings. The Kier molecular flexibility index (Phi) is 8.20. The second kappa shape index (κ2) is 11.5. The number of nitrogens with zero attached hydrogens (tertiary/aromatic N) is 2. The van der Waals surface area contributed by atoms with Crippen LogP contribution in [0.1, 0.15) is 23.2 Å². The van der Waals surface area contributed by atoms with Crippen molar-refractivity contribution < 1.29 is 14.3 Å². The first-order valence-electron chi connectivity index (χ1n) is 11.4. The highest BCUT2D eigenvalue weighted by atomic mass is 79.9. The standard InChI is InChI=1S/C24H30BrN5O3/c25-18-3-5-19(6-4-18)27-24(32)28-20-7-8-22(30-10-1-2-11-30)21(17-20)23(31)26-9-12-29-13-15-33-16-14-29/h3-8,17H,1-2,9-16H2,(H,26,31)(H2,27,28,32). The van der Waals surface area contributed by atoms with Gasteiger partial charge in [-0.2, -0.15) is 0 Å². The minimum atomic E-state index is -0.357. The number of nitrogens with one attached hydrogen (secondary N) is 3. The van der Waals surface area contributed by atoms with Crippen LogP contribution in [0, 0.1) is 0 Å². The van der Waals surface area contributed by atoms with Crippen LogP contribution in [-0.2, 0) is 4.74 Å². The summed E-state index contributed by atoms with van der Waals surface area (Å²) in [5, 5.41) is 8.71. The van der Waals surface area contributed by atoms with E-state index in [1.165, 1.54) is 0 Å². The van der Waals surface area contributed by atoms with Crippen LogP contribution in [0.4, 0.5) is 21.9 Å². The van der Waals surface area contributed by atoms with E-state index in [4.69, 9.17) is 4.74 Å². The van der Waals surface area contributed by atoms with Gasteiger partial charge in [0.25, 0.3) is 5.91 Å². The minimum Gasteiger partial charge on any atom is -0.379 e. The molecular weight excluding hydrogens is 486 g/mol. The predicted molar refractivity (Wildman–Crippen MR) is 134 cm³/mol. The maximum Gasteiger partial charge on any atom is 0.323 e. The molecule has 8 nitrogen and oxygen atoms in total. The van der Waals surface area contributed by atoms with E-state index in [1.54, 1.807) is 6.07 Å². The predicted octanol–water partition coefficient (Wildman–Crippen LogP) is 3.76. The van der Waals surface area contributed by atoms with Gasteiger partial charge in [0.1, 0.15) is 0 Å². The molecule has 2 saturated heterocycles. The van der Waals surface area contributed by atoms with Crippen LogP contribution in [0.25, 0.3) is 0 Å². The molecule has 2 fully saturated rings. The number of rotatable bonds is 7. The Labute approximate surface area is 202 Å². The molecular formula is C24H30BrN5O3. The lowest BCUT2D eigenvalue weighted by Crippen LogP contribution is -2.41. The summed E-state index contributed by atoms with van der Waals surface area (Å²) < 4.78 is 6.32. The third-order valence-corrected chi connectivity index (χ3v) is 6.39. The van der Waals surface area contributed by atoms with Crippen LogP contribution in [0.2, 0.25) is 0 Å². The maximum absolute atomic E-state index is 13.1. The second-order valence-corrected chi connectivity index (χ2v) is 9.14. The van der Waals surface area contributed by atoms with Gasteiger partial charge in [-0.15, -0.1) is 0 Å². The molecule has 0 aliphatic carbocycles. The fraction of sp³-hybridized carbons (Fsp3) is 0.417. The van der Waals surface area contributed by atoms with Crippen molar-refractivity contribution in [3.63, 3.8) is 0 Å². The fourth-order valence-corrected chi connectivity index (χ4v) is 4.37. The van der Waals surface area contributed by atoms with Crippen molar-refractivity contribution in [2.75, 3.05) is 68.0 Å². The second-order valence-electron chi connectivity index (χ2n) is 8.22. The highest BCUT2D eigenvalue weighted by molar-refractivity contribution is 9.10. The van der Waals surface area contributed by atoms with Crippen LogP contribution < -0.4 is 20.9 Å². The molecule has 0 aromatic heterocycles. The molecule has 2 aliphatic heterocycles. The zero-order chi connectivity index (χ0) is 23.0. The molecule has 0 atom stereocenters. The molecule has 3 amide bonds. The molecule has 0 bridgehead atoms. The summed E-state index contributed by atoms with van der Waals surface area (Å²) in [6.45, 7) is 6.49. The smallest absolute Gasteiger partial charge is 0.323 e. The Morgan fingerprint density at radius 1 is 0.909 bits per heavy atom. The molecule has 2 aromatic rings. The van der Waals surface area contributed by atoms with Crippen molar-refractivity contribution >= 4 is 44.9 Å². The van der Waals surface area contributed by atoms with E-state index < -0.39 is 0 Å². The Morgan fingerprint density at radius 3 is 2.30 bits per heavy atom. The molecule has 0 unspecified atom stereocenters. The van der Waals surface area contributed by atoms with Crippen LogP contribution in [0.5, 0.6) is 0 Å². The molecule has 33 heavy (non-hydrogen) atoms. The number of carbonyl (C=O) groups excluding carboxylic acids is 2. The summed E-state index contributed by atoms with van der Waals surface area (Å²) in [4.78, 5) is 30.1. The Hall–Kier alpha value is -2.62. The third kappa shape index (κ3) is 6.69. The van der Waals surface area contributed by atoms with E-state index in [0.717, 1.165) is 68.9 Å². The van der Waals surface area contributed by atoms with Gasteiger partial charge < -0.3 is 25.6 Å². The molecule has 176 valence electrons. The number of anilines is 3. The lowest BCUT2D eigenvalue weighted by Gasteiger charge is -2.26. The van der Waals surface area contributed by atoms with Crippen LogP contribution in [0.3, 0.4) is 0 Å². The van der Waals surface area contributed by atoms with Crippen LogP contribution >= 0.6 is 15.9 Å². The molecule has 0 saturated carbocycles. The lowest BCUT2D eigenvalue weighted by molar-refractivity contribution is 0.0383. The number of hydrogen-bond acceptors (Lipinski definition) is 5. The van der Waals surface area contributed by atoms with Crippen LogP contribution in [0.15, 0.2) is 46.9 Å². The number of urea groups is 1. The van der Waals surface area contributed by atoms with Crippen molar-refractivity contribution in [2.24, 2.45) is 0 Å². The highest BCUT2D eigenvalue weighted by Gasteiger charge is 2.21. The van der Waals surface area contributed by atoms with Crippen LogP contribution in [-0.4, -0.2) is 69.3 Å². The number of amides is 3. The SMILES string of the molecule is O=C(Nc1ccc(Br)cc1)Nc1ccc(N2CCCC2)c(C(=O)NCCN2CCOCC2)c1. The molecule has 2 aromatic carbocycles. The van der Waals surface area contributed by atoms with Gasteiger partial charge in [0.2, 0.25) is 0 Å². The highest BCUT2D eigenvalue weighted by Crippen LogP contribution is 2.28. The summed E-state index contributed by atoms with van der Waals surface area (Å²) >= 11 is 3.38. The van der Waals surface area contributed by atoms with Crippen molar-refractivity contribution in [1.29, 1.82) is 0 Å². The topological polar surface area (TPSA) is 85.9 Å². The normalized spacial score (nSPS) is 16.5. The van der Waals surface area contributed by atoms with Crippen molar-refractivity contribution in [1.82, 2.24) is 10.2 Å². The monoisotopic (exact) mass is 515 g/mol. The summed E-state index contributed by atoms with van der Waals surface area (Å²) in [7, 11) is 0. The van der Waals surface area contributed by atoms with Gasteiger partial charge in [-0.3, -0.25) is 9.69 Å². The quantitative estimate of drug-likeness (QED) is 0.522. The summed E-state index contributed by atoms with van der Waals surface area (Å²) in [5.41, 5.74) is 2.76. The van der Waals surface area contributed by atoms with E-state index in [2.05, 4.69) is 41.7 Å². The van der Waals surface area contributed by atoms with Gasteiger partial charge in [0.05, 0.1) is 18.8 Å². The summed E-state index contributed by atoms with van der Waals surface area (Å²) in [5.74, 6) is -0.123. The first-order valence-corrected chi connectivity index (χ1v) is 12.2. The molecule has 0 radical (unpaired) electrons. The van der Waals surface area contributed by atoms with Crippen molar-refractivity contribution in [3.05, 3.63) is 52.5 Å². The van der Waals surface area contributed by atoms with E-state index >= 15 is 0 Å². The first kappa shape index (κ1) is 23.5. The number of carbonyl (C=O) groups is 2. The van der Waals surface area contributed by atoms with Gasteiger partial charge in [0.15, 0.2) is 0 Å². The van der Waals surface area contributed by atoms with E-state index in [0.29, 0.717) is 23.5 Å². The van der Waals surface area contributed by atoms with Gasteiger partial charge >= 0.3 is 6.03 Å². The Bertz CT molecular complexity index is 957. The number of morpholine rings is 1. The Balaban J connectivity index is 1.42. The zero-order valence-corrected chi connectivity index (χ0v) is 20.2. The van der Waals surface area contributed by atoms with E-state index in [-0.39, 0.29) is 11.9 Å². The summed E-state index contributed by atoms with van der Waals surface area (Å²) in [6, 6.07) is 12.5. The average molecular weight is 516 g/mol. The number of halogens is 1. The largest absolute Gasteiger partial charge is 0.379 e. The summed E-state index contributed by atoms with van der Waals surface area (Å²) in [6.07, 6.45) is 2.24. The van der Waals surface area contributed by atoms with E-state index in [1.807, 2.05) is 36.4 Å². The minimum absolute atomic E-state index is 0.123. The molecule has 2 heterocycles. The van der Waals surface area contributed by atoms with Gasteiger partial charge in [-0.25, -0.2) is 4.79 Å². The number of benzene rings is 2. The molecule has 4 rings (SSSR count). The molecule has 0 spiro atoms. The molecule has 3 N–H and O–H groups in total. The fourth-order valence-electron chi connectivity index (χ4n) is 4.10. The average Bonchev–Trinajstić information content (AvgIpc) is 3.36. The zero-order valence-electron chi connectivity index (χ0n) is 18.6. The van der Waals surface area contributed by atoms with Crippen molar-refractivity contribution in [3.8, 4) is 0 Å². The maximum atomic E-state index is 13.1. The van der Waals surface area contributed by atoms with E-state index in [9.17, 15) is 9.59 Å². The lowest BCUT2D eigenvalue weighted by atomic mass is 10.1. The van der Waals surface area contributed by atoms with Gasteiger partial charge in [-0.05, 0) is 55.3 Å². The third-order valence-electron chi connectivity index (χ3n) is 5.87. The van der Waals surface area contributed by atoms with Gasteiger partial charge in [0, 0.05) is 60.8 Å². The first-order chi connectivity index (χ1) is 16.1. The van der Waals surface area contributed by atoms with Gasteiger partial charge in [-0.1, -0.05) is 15.9 Å². The number of ether oxygens (including phenoxy) is 1. The van der Waals surface area contributed by atoms with Crippen molar-refractivity contribution in [2.45, 2.75) is 12.8 Å².